The van der Waals surface area contributed by atoms with Gasteiger partial charge in [-0.25, -0.2) is 4.39 Å². The molecule has 128 valence electrons. The molecule has 0 aliphatic carbocycles. The summed E-state index contributed by atoms with van der Waals surface area (Å²) in [6.45, 7) is 3.71. The van der Waals surface area contributed by atoms with Crippen molar-refractivity contribution in [1.29, 1.82) is 0 Å². The van der Waals surface area contributed by atoms with Gasteiger partial charge in [-0.3, -0.25) is 9.97 Å². The predicted molar refractivity (Wildman–Crippen MR) is 104 cm³/mol. The van der Waals surface area contributed by atoms with Crippen LogP contribution in [0, 0.1) is 19.7 Å². The normalized spacial score (nSPS) is 11.0. The van der Waals surface area contributed by atoms with Crippen molar-refractivity contribution in [2.24, 2.45) is 0 Å². The number of aryl methyl sites for hydroxylation is 2. The Bertz CT molecular complexity index is 1140. The number of pyridine rings is 2. The molecule has 0 unspecified atom stereocenters. The summed E-state index contributed by atoms with van der Waals surface area (Å²) >= 11 is 0. The highest BCUT2D eigenvalue weighted by Crippen LogP contribution is 2.34. The molecule has 2 aromatic heterocycles. The third kappa shape index (κ3) is 2.69. The number of hydrogen-bond donors (Lipinski definition) is 1. The first-order chi connectivity index (χ1) is 12.5. The molecule has 26 heavy (non-hydrogen) atoms. The van der Waals surface area contributed by atoms with Crippen LogP contribution in [0.1, 0.15) is 11.1 Å². The van der Waals surface area contributed by atoms with Crippen LogP contribution in [0.4, 0.5) is 10.1 Å². The van der Waals surface area contributed by atoms with E-state index in [2.05, 4.69) is 9.97 Å². The van der Waals surface area contributed by atoms with Crippen LogP contribution in [0.3, 0.4) is 0 Å². The van der Waals surface area contributed by atoms with Gasteiger partial charge in [-0.1, -0.05) is 12.1 Å². The highest BCUT2D eigenvalue weighted by molar-refractivity contribution is 5.96. The van der Waals surface area contributed by atoms with E-state index in [1.807, 2.05) is 43.3 Å². The van der Waals surface area contributed by atoms with Gasteiger partial charge in [-0.2, -0.15) is 0 Å². The molecule has 0 radical (unpaired) electrons. The molecule has 2 heterocycles. The van der Waals surface area contributed by atoms with Crippen molar-refractivity contribution in [3.05, 3.63) is 77.9 Å². The molecule has 0 atom stereocenters. The number of halogens is 1. The van der Waals surface area contributed by atoms with Crippen LogP contribution in [0.15, 0.2) is 60.9 Å². The standard InChI is InChI=1S/C22H18FN3/c1-13-10-16(5-7-19(13)23)22-17(4-3-9-25-22)15-6-8-20-18(11-15)21(24)14(2)12-26-20/h3-12H,1-2H3,(H2,24,26). The fourth-order valence-corrected chi connectivity index (χ4v) is 3.14. The molecule has 0 aliphatic rings. The van der Waals surface area contributed by atoms with E-state index in [0.717, 1.165) is 44.5 Å². The Labute approximate surface area is 151 Å². The van der Waals surface area contributed by atoms with Gasteiger partial charge in [-0.05, 0) is 66.9 Å². The maximum absolute atomic E-state index is 13.7. The number of hydrogen-bond acceptors (Lipinski definition) is 3. The fraction of sp³-hybridized carbons (Fsp3) is 0.0909. The van der Waals surface area contributed by atoms with Crippen molar-refractivity contribution in [2.75, 3.05) is 5.73 Å². The van der Waals surface area contributed by atoms with E-state index in [1.165, 1.54) is 6.07 Å². The zero-order chi connectivity index (χ0) is 18.3. The van der Waals surface area contributed by atoms with E-state index in [1.54, 1.807) is 25.4 Å². The monoisotopic (exact) mass is 343 g/mol. The molecule has 0 amide bonds. The molecule has 0 fully saturated rings. The summed E-state index contributed by atoms with van der Waals surface area (Å²) in [7, 11) is 0. The van der Waals surface area contributed by atoms with E-state index < -0.39 is 0 Å². The van der Waals surface area contributed by atoms with Gasteiger partial charge >= 0.3 is 0 Å². The third-order valence-corrected chi connectivity index (χ3v) is 4.66. The Morgan fingerprint density at radius 1 is 0.885 bits per heavy atom. The molecular formula is C22H18FN3. The fourth-order valence-electron chi connectivity index (χ4n) is 3.14. The van der Waals surface area contributed by atoms with E-state index in [0.29, 0.717) is 5.56 Å². The molecular weight excluding hydrogens is 325 g/mol. The lowest BCUT2D eigenvalue weighted by molar-refractivity contribution is 0.619. The smallest absolute Gasteiger partial charge is 0.126 e. The van der Waals surface area contributed by atoms with Crippen molar-refractivity contribution >= 4 is 16.6 Å². The van der Waals surface area contributed by atoms with Crippen LogP contribution in [-0.2, 0) is 0 Å². The average Bonchev–Trinajstić information content (AvgIpc) is 2.67. The highest BCUT2D eigenvalue weighted by Gasteiger charge is 2.12. The molecule has 4 rings (SSSR count). The van der Waals surface area contributed by atoms with Crippen molar-refractivity contribution in [2.45, 2.75) is 13.8 Å². The summed E-state index contributed by atoms with van der Waals surface area (Å²) in [5, 5.41) is 0.924. The van der Waals surface area contributed by atoms with E-state index in [4.69, 9.17) is 5.73 Å². The summed E-state index contributed by atoms with van der Waals surface area (Å²) < 4.78 is 13.7. The van der Waals surface area contributed by atoms with Gasteiger partial charge in [0, 0.05) is 34.6 Å². The number of fused-ring (bicyclic) bond motifs is 1. The summed E-state index contributed by atoms with van der Waals surface area (Å²) in [5.41, 5.74) is 13.1. The first-order valence-corrected chi connectivity index (χ1v) is 8.41. The number of aromatic nitrogens is 2. The van der Waals surface area contributed by atoms with Crippen LogP contribution in [0.2, 0.25) is 0 Å². The Morgan fingerprint density at radius 2 is 1.69 bits per heavy atom. The topological polar surface area (TPSA) is 51.8 Å². The minimum Gasteiger partial charge on any atom is -0.398 e. The van der Waals surface area contributed by atoms with Crippen molar-refractivity contribution in [3.63, 3.8) is 0 Å². The Kier molecular flexibility index (Phi) is 3.88. The van der Waals surface area contributed by atoms with Gasteiger partial charge in [0.25, 0.3) is 0 Å². The van der Waals surface area contributed by atoms with E-state index in [-0.39, 0.29) is 5.82 Å². The number of nitrogen functional groups attached to an aromatic ring is 1. The second kappa shape index (κ2) is 6.23. The molecule has 0 bridgehead atoms. The van der Waals surface area contributed by atoms with Gasteiger partial charge in [0.05, 0.1) is 11.2 Å². The minimum atomic E-state index is -0.216. The minimum absolute atomic E-state index is 0.216. The average molecular weight is 343 g/mol. The van der Waals surface area contributed by atoms with Crippen molar-refractivity contribution in [3.8, 4) is 22.4 Å². The molecule has 0 aliphatic heterocycles. The summed E-state index contributed by atoms with van der Waals surface area (Å²) in [4.78, 5) is 8.99. The largest absolute Gasteiger partial charge is 0.398 e. The summed E-state index contributed by atoms with van der Waals surface area (Å²) in [5.74, 6) is -0.216. The SMILES string of the molecule is Cc1cc(-c2ncccc2-c2ccc3ncc(C)c(N)c3c2)ccc1F. The molecule has 0 saturated heterocycles. The quantitative estimate of drug-likeness (QED) is 0.537. The van der Waals surface area contributed by atoms with Gasteiger partial charge in [-0.15, -0.1) is 0 Å². The highest BCUT2D eigenvalue weighted by atomic mass is 19.1. The molecule has 0 spiro atoms. The second-order valence-corrected chi connectivity index (χ2v) is 6.45. The molecule has 2 aromatic carbocycles. The van der Waals surface area contributed by atoms with E-state index in [9.17, 15) is 4.39 Å². The zero-order valence-electron chi connectivity index (χ0n) is 14.6. The number of rotatable bonds is 2. The number of nitrogens with two attached hydrogens (primary N) is 1. The third-order valence-electron chi connectivity index (χ3n) is 4.66. The van der Waals surface area contributed by atoms with Gasteiger partial charge in [0.2, 0.25) is 0 Å². The van der Waals surface area contributed by atoms with Crippen molar-refractivity contribution in [1.82, 2.24) is 9.97 Å². The molecule has 0 saturated carbocycles. The van der Waals surface area contributed by atoms with Crippen LogP contribution in [0.25, 0.3) is 33.3 Å². The first kappa shape index (κ1) is 16.2. The van der Waals surface area contributed by atoms with Crippen LogP contribution in [-0.4, -0.2) is 9.97 Å². The predicted octanol–water partition coefficient (Wildman–Crippen LogP) is 5.30. The van der Waals surface area contributed by atoms with Crippen molar-refractivity contribution < 1.29 is 4.39 Å². The Hall–Kier alpha value is -3.27. The Morgan fingerprint density at radius 3 is 2.50 bits per heavy atom. The lowest BCUT2D eigenvalue weighted by atomic mass is 9.96. The zero-order valence-corrected chi connectivity index (χ0v) is 14.6. The number of benzene rings is 2. The second-order valence-electron chi connectivity index (χ2n) is 6.45. The molecule has 4 aromatic rings. The Balaban J connectivity index is 1.93. The maximum Gasteiger partial charge on any atom is 0.126 e. The number of nitrogens with zero attached hydrogens (tertiary/aromatic N) is 2. The van der Waals surface area contributed by atoms with Crippen LogP contribution >= 0.6 is 0 Å². The summed E-state index contributed by atoms with van der Waals surface area (Å²) in [6.07, 6.45) is 3.53. The summed E-state index contributed by atoms with van der Waals surface area (Å²) in [6, 6.07) is 15.0. The van der Waals surface area contributed by atoms with Gasteiger partial charge < -0.3 is 5.73 Å². The molecule has 3 nitrogen and oxygen atoms in total. The molecule has 4 heteroatoms. The molecule has 2 N–H and O–H groups in total. The van der Waals surface area contributed by atoms with E-state index >= 15 is 0 Å². The van der Waals surface area contributed by atoms with Gasteiger partial charge in [0.15, 0.2) is 0 Å². The lowest BCUT2D eigenvalue weighted by Crippen LogP contribution is -1.95. The number of anilines is 1. The van der Waals surface area contributed by atoms with Crippen LogP contribution in [0.5, 0.6) is 0 Å². The first-order valence-electron chi connectivity index (χ1n) is 8.41. The van der Waals surface area contributed by atoms with Crippen LogP contribution < -0.4 is 5.73 Å². The lowest BCUT2D eigenvalue weighted by Gasteiger charge is -2.12. The van der Waals surface area contributed by atoms with Gasteiger partial charge in [0.1, 0.15) is 5.82 Å². The maximum atomic E-state index is 13.7.